The second kappa shape index (κ2) is 5.44. The molecule has 0 unspecified atom stereocenters. The highest BCUT2D eigenvalue weighted by molar-refractivity contribution is 5.95. The summed E-state index contributed by atoms with van der Waals surface area (Å²) in [5.41, 5.74) is 1.85. The van der Waals surface area contributed by atoms with Crippen LogP contribution in [0.15, 0.2) is 29.4 Å². The molecule has 0 radical (unpaired) electrons. The van der Waals surface area contributed by atoms with Crippen LogP contribution < -0.4 is 10.3 Å². The Labute approximate surface area is 128 Å². The van der Waals surface area contributed by atoms with Crippen molar-refractivity contribution in [2.24, 2.45) is 10.5 Å². The number of carboxylic acid groups (broad SMARTS) is 1. The lowest BCUT2D eigenvalue weighted by Gasteiger charge is -2.14. The maximum Gasteiger partial charge on any atom is 0.311 e. The van der Waals surface area contributed by atoms with E-state index in [1.54, 1.807) is 12.1 Å². The average Bonchev–Trinajstić information content (AvgIpc) is 3.20. The van der Waals surface area contributed by atoms with Crippen LogP contribution in [0, 0.1) is 5.41 Å². The number of aliphatic carboxylic acids is 1. The third-order valence-electron chi connectivity index (χ3n) is 4.30. The summed E-state index contributed by atoms with van der Waals surface area (Å²) in [5, 5.41) is 18.1. The number of benzene rings is 1. The number of hydrogen-bond acceptors (Lipinski definition) is 4. The highest BCUT2D eigenvalue weighted by atomic mass is 16.4. The molecule has 22 heavy (non-hydrogen) atoms. The van der Waals surface area contributed by atoms with Crippen LogP contribution in [-0.4, -0.2) is 35.8 Å². The van der Waals surface area contributed by atoms with Crippen LogP contribution in [0.5, 0.6) is 0 Å². The van der Waals surface area contributed by atoms with E-state index in [2.05, 4.69) is 10.4 Å². The predicted octanol–water partition coefficient (Wildman–Crippen LogP) is 1.87. The molecule has 0 atom stereocenters. The Bertz CT molecular complexity index is 633. The van der Waals surface area contributed by atoms with Gasteiger partial charge in [-0.3, -0.25) is 14.6 Å². The van der Waals surface area contributed by atoms with Gasteiger partial charge in [0.05, 0.1) is 11.1 Å². The van der Waals surface area contributed by atoms with Crippen LogP contribution in [0.1, 0.15) is 36.5 Å². The first-order chi connectivity index (χ1) is 10.5. The molecule has 1 amide bonds. The molecule has 2 N–H and O–H groups in total. The summed E-state index contributed by atoms with van der Waals surface area (Å²) < 4.78 is 0. The zero-order valence-corrected chi connectivity index (χ0v) is 12.5. The summed E-state index contributed by atoms with van der Waals surface area (Å²) in [4.78, 5) is 23.2. The smallest absolute Gasteiger partial charge is 0.311 e. The molecular weight excluding hydrogens is 282 g/mol. The number of nitrogens with one attached hydrogen (secondary N) is 1. The van der Waals surface area contributed by atoms with Crippen LogP contribution in [0.25, 0.3) is 0 Å². The molecule has 6 heteroatoms. The fraction of sp³-hybridized carbons (Fsp3) is 0.438. The number of rotatable bonds is 5. The Morgan fingerprint density at radius 3 is 2.50 bits per heavy atom. The lowest BCUT2D eigenvalue weighted by Crippen LogP contribution is -2.34. The fourth-order valence-electron chi connectivity index (χ4n) is 2.51. The molecule has 0 aromatic heterocycles. The third-order valence-corrected chi connectivity index (χ3v) is 4.30. The van der Waals surface area contributed by atoms with Crippen molar-refractivity contribution in [2.75, 3.05) is 18.1 Å². The van der Waals surface area contributed by atoms with Crippen LogP contribution in [0.2, 0.25) is 0 Å². The summed E-state index contributed by atoms with van der Waals surface area (Å²) >= 11 is 0. The minimum absolute atomic E-state index is 0.193. The van der Waals surface area contributed by atoms with Gasteiger partial charge in [-0.1, -0.05) is 0 Å². The lowest BCUT2D eigenvalue weighted by atomic mass is 10.1. The van der Waals surface area contributed by atoms with Crippen molar-refractivity contribution >= 4 is 23.3 Å². The Hall–Kier alpha value is -2.37. The van der Waals surface area contributed by atoms with Crippen molar-refractivity contribution in [3.8, 4) is 0 Å². The number of amides is 1. The van der Waals surface area contributed by atoms with Crippen molar-refractivity contribution < 1.29 is 14.7 Å². The molecule has 1 aliphatic carbocycles. The molecule has 2 aliphatic rings. The quantitative estimate of drug-likeness (QED) is 0.870. The Balaban J connectivity index is 1.60. The summed E-state index contributed by atoms with van der Waals surface area (Å²) in [6, 6.07) is 7.21. The highest BCUT2D eigenvalue weighted by Crippen LogP contribution is 2.45. The largest absolute Gasteiger partial charge is 0.481 e. The Morgan fingerprint density at radius 1 is 1.32 bits per heavy atom. The lowest BCUT2D eigenvalue weighted by molar-refractivity contribution is -0.143. The van der Waals surface area contributed by atoms with Gasteiger partial charge in [0.1, 0.15) is 0 Å². The molecule has 1 heterocycles. The second-order valence-electron chi connectivity index (χ2n) is 6.02. The molecule has 0 saturated heterocycles. The van der Waals surface area contributed by atoms with Gasteiger partial charge in [0, 0.05) is 30.8 Å². The van der Waals surface area contributed by atoms with E-state index in [-0.39, 0.29) is 12.5 Å². The number of nitrogens with zero attached hydrogens (tertiary/aromatic N) is 2. The van der Waals surface area contributed by atoms with Gasteiger partial charge in [0.2, 0.25) is 0 Å². The van der Waals surface area contributed by atoms with Gasteiger partial charge in [-0.05, 0) is 44.0 Å². The zero-order chi connectivity index (χ0) is 15.7. The van der Waals surface area contributed by atoms with Gasteiger partial charge < -0.3 is 10.4 Å². The van der Waals surface area contributed by atoms with Gasteiger partial charge in [-0.2, -0.15) is 5.10 Å². The molecule has 1 aromatic carbocycles. The van der Waals surface area contributed by atoms with E-state index in [4.69, 9.17) is 5.11 Å². The first-order valence-corrected chi connectivity index (χ1v) is 7.43. The molecule has 1 saturated carbocycles. The summed E-state index contributed by atoms with van der Waals surface area (Å²) in [7, 11) is 0. The van der Waals surface area contributed by atoms with Crippen LogP contribution in [0.3, 0.4) is 0 Å². The summed E-state index contributed by atoms with van der Waals surface area (Å²) in [6.45, 7) is 3.05. The number of carbonyl (C=O) groups is 2. The summed E-state index contributed by atoms with van der Waals surface area (Å²) in [5.74, 6) is -1.06. The fourth-order valence-corrected chi connectivity index (χ4v) is 2.51. The minimum Gasteiger partial charge on any atom is -0.481 e. The monoisotopic (exact) mass is 301 g/mol. The SMILES string of the molecule is CC1=NN(c2ccc(C(=O)NCC3(C(=O)O)CC3)cc2)CC1. The predicted molar refractivity (Wildman–Crippen MR) is 83.2 cm³/mol. The molecule has 1 fully saturated rings. The molecule has 116 valence electrons. The molecule has 6 nitrogen and oxygen atoms in total. The number of hydrogen-bond donors (Lipinski definition) is 2. The van der Waals surface area contributed by atoms with E-state index in [0.717, 1.165) is 24.4 Å². The molecular formula is C16H19N3O3. The maximum atomic E-state index is 12.1. The first-order valence-electron chi connectivity index (χ1n) is 7.43. The Kier molecular flexibility index (Phi) is 3.60. The van der Waals surface area contributed by atoms with Crippen molar-refractivity contribution in [1.82, 2.24) is 5.32 Å². The topological polar surface area (TPSA) is 82.0 Å². The standard InChI is InChI=1S/C16H19N3O3/c1-11-6-9-19(18-11)13-4-2-12(3-5-13)14(20)17-10-16(7-8-16)15(21)22/h2-5H,6-10H2,1H3,(H,17,20)(H,21,22). The highest BCUT2D eigenvalue weighted by Gasteiger charge is 2.50. The first kappa shape index (κ1) is 14.6. The number of carboxylic acids is 1. The zero-order valence-electron chi connectivity index (χ0n) is 12.5. The van der Waals surface area contributed by atoms with Crippen molar-refractivity contribution in [1.29, 1.82) is 0 Å². The van der Waals surface area contributed by atoms with Crippen LogP contribution in [-0.2, 0) is 4.79 Å². The second-order valence-corrected chi connectivity index (χ2v) is 6.02. The third kappa shape index (κ3) is 2.81. The minimum atomic E-state index is -0.828. The van der Waals surface area contributed by atoms with Crippen molar-refractivity contribution in [3.05, 3.63) is 29.8 Å². The molecule has 1 aliphatic heterocycles. The molecule has 3 rings (SSSR count). The van der Waals surface area contributed by atoms with E-state index in [9.17, 15) is 9.59 Å². The van der Waals surface area contributed by atoms with Gasteiger partial charge in [0.15, 0.2) is 0 Å². The normalized spacial score (nSPS) is 18.8. The molecule has 0 bridgehead atoms. The van der Waals surface area contributed by atoms with E-state index in [1.165, 1.54) is 0 Å². The van der Waals surface area contributed by atoms with Gasteiger partial charge in [-0.15, -0.1) is 0 Å². The maximum absolute atomic E-state index is 12.1. The molecule has 0 spiro atoms. The van der Waals surface area contributed by atoms with E-state index >= 15 is 0 Å². The van der Waals surface area contributed by atoms with Gasteiger partial charge in [0.25, 0.3) is 5.91 Å². The van der Waals surface area contributed by atoms with Crippen LogP contribution >= 0.6 is 0 Å². The van der Waals surface area contributed by atoms with E-state index in [0.29, 0.717) is 18.4 Å². The van der Waals surface area contributed by atoms with E-state index < -0.39 is 11.4 Å². The Morgan fingerprint density at radius 2 is 2.00 bits per heavy atom. The molecule has 1 aromatic rings. The summed E-state index contributed by atoms with van der Waals surface area (Å²) in [6.07, 6.45) is 2.22. The van der Waals surface area contributed by atoms with Gasteiger partial charge >= 0.3 is 5.97 Å². The van der Waals surface area contributed by atoms with Gasteiger partial charge in [-0.25, -0.2) is 0 Å². The van der Waals surface area contributed by atoms with Crippen LogP contribution in [0.4, 0.5) is 5.69 Å². The number of anilines is 1. The van der Waals surface area contributed by atoms with Crippen molar-refractivity contribution in [3.63, 3.8) is 0 Å². The average molecular weight is 301 g/mol. The number of hydrazone groups is 1. The number of carbonyl (C=O) groups excluding carboxylic acids is 1. The van der Waals surface area contributed by atoms with E-state index in [1.807, 2.05) is 24.1 Å². The van der Waals surface area contributed by atoms with Crippen molar-refractivity contribution in [2.45, 2.75) is 26.2 Å².